The Kier molecular flexibility index (Phi) is 4.40. The molecule has 17 heavy (non-hydrogen) atoms. The van der Waals surface area contributed by atoms with Crippen LogP contribution in [0.1, 0.15) is 45.2 Å². The first-order valence-electron chi connectivity index (χ1n) is 6.55. The second kappa shape index (κ2) is 5.83. The summed E-state index contributed by atoms with van der Waals surface area (Å²) < 4.78 is 0. The second-order valence-corrected chi connectivity index (χ2v) is 6.25. The third-order valence-corrected chi connectivity index (χ3v) is 4.59. The maximum Gasteiger partial charge on any atom is 0.304 e. The van der Waals surface area contributed by atoms with E-state index in [1.807, 2.05) is 5.38 Å². The maximum atomic E-state index is 11.0. The molecule has 0 aliphatic heterocycles. The lowest BCUT2D eigenvalue weighted by Gasteiger charge is -2.31. The van der Waals surface area contributed by atoms with Crippen LogP contribution in [0.5, 0.6) is 0 Å². The van der Waals surface area contributed by atoms with E-state index in [1.165, 1.54) is 37.0 Å². The zero-order valence-electron chi connectivity index (χ0n) is 10.7. The van der Waals surface area contributed by atoms with Gasteiger partial charge in [0.05, 0.1) is 0 Å². The standard InChI is InChI=1S/C13H22N2OS/c1-9(2)10-3-5-11(6-4-10)14-7-12-8-17-13(16)15-12/h8-11,14H,3-7H2,1-2H3,(H,15,16). The van der Waals surface area contributed by atoms with Gasteiger partial charge in [0.1, 0.15) is 0 Å². The van der Waals surface area contributed by atoms with Crippen molar-refractivity contribution in [3.05, 3.63) is 20.7 Å². The van der Waals surface area contributed by atoms with Crippen molar-refractivity contribution in [1.29, 1.82) is 0 Å². The quantitative estimate of drug-likeness (QED) is 0.868. The molecule has 0 unspecified atom stereocenters. The van der Waals surface area contributed by atoms with Gasteiger partial charge in [-0.3, -0.25) is 4.79 Å². The fourth-order valence-electron chi connectivity index (χ4n) is 2.64. The van der Waals surface area contributed by atoms with Crippen LogP contribution in [0.4, 0.5) is 0 Å². The molecule has 1 aliphatic rings. The topological polar surface area (TPSA) is 44.9 Å². The fourth-order valence-corrected chi connectivity index (χ4v) is 3.23. The minimum absolute atomic E-state index is 0.0466. The number of H-pyrrole nitrogens is 1. The van der Waals surface area contributed by atoms with Crippen molar-refractivity contribution in [2.45, 2.75) is 52.1 Å². The van der Waals surface area contributed by atoms with Crippen LogP contribution in [0.15, 0.2) is 10.2 Å². The first kappa shape index (κ1) is 12.8. The Morgan fingerprint density at radius 2 is 2.12 bits per heavy atom. The van der Waals surface area contributed by atoms with Gasteiger partial charge in [0.25, 0.3) is 0 Å². The predicted molar refractivity (Wildman–Crippen MR) is 72.4 cm³/mol. The molecule has 3 nitrogen and oxygen atoms in total. The van der Waals surface area contributed by atoms with Crippen LogP contribution in [-0.4, -0.2) is 11.0 Å². The van der Waals surface area contributed by atoms with Crippen LogP contribution in [0.2, 0.25) is 0 Å². The van der Waals surface area contributed by atoms with Crippen LogP contribution in [-0.2, 0) is 6.54 Å². The van der Waals surface area contributed by atoms with E-state index < -0.39 is 0 Å². The van der Waals surface area contributed by atoms with Crippen molar-refractivity contribution in [1.82, 2.24) is 10.3 Å². The number of thiazole rings is 1. The van der Waals surface area contributed by atoms with Gasteiger partial charge in [-0.05, 0) is 37.5 Å². The average Bonchev–Trinajstić information content (AvgIpc) is 2.73. The molecule has 0 spiro atoms. The summed E-state index contributed by atoms with van der Waals surface area (Å²) >= 11 is 1.24. The summed E-state index contributed by atoms with van der Waals surface area (Å²) in [5.74, 6) is 1.73. The van der Waals surface area contributed by atoms with Gasteiger partial charge >= 0.3 is 4.87 Å². The fraction of sp³-hybridized carbons (Fsp3) is 0.769. The van der Waals surface area contributed by atoms with Crippen LogP contribution >= 0.6 is 11.3 Å². The molecule has 1 aliphatic carbocycles. The first-order chi connectivity index (χ1) is 8.15. The Morgan fingerprint density at radius 1 is 1.41 bits per heavy atom. The molecule has 2 rings (SSSR count). The van der Waals surface area contributed by atoms with Gasteiger partial charge in [-0.2, -0.15) is 0 Å². The van der Waals surface area contributed by atoms with Crippen molar-refractivity contribution in [2.75, 3.05) is 0 Å². The average molecular weight is 254 g/mol. The molecular weight excluding hydrogens is 232 g/mol. The molecule has 0 radical (unpaired) electrons. The molecule has 2 N–H and O–H groups in total. The Hall–Kier alpha value is -0.610. The molecule has 1 heterocycles. The highest BCUT2D eigenvalue weighted by Crippen LogP contribution is 2.29. The van der Waals surface area contributed by atoms with Crippen molar-refractivity contribution < 1.29 is 0 Å². The highest BCUT2D eigenvalue weighted by molar-refractivity contribution is 7.07. The maximum absolute atomic E-state index is 11.0. The molecule has 1 fully saturated rings. The molecule has 0 bridgehead atoms. The Bertz CT molecular complexity index is 388. The zero-order valence-corrected chi connectivity index (χ0v) is 11.5. The van der Waals surface area contributed by atoms with Crippen molar-refractivity contribution in [3.63, 3.8) is 0 Å². The van der Waals surface area contributed by atoms with E-state index in [9.17, 15) is 4.79 Å². The summed E-state index contributed by atoms with van der Waals surface area (Å²) in [5.41, 5.74) is 1.02. The van der Waals surface area contributed by atoms with Crippen LogP contribution < -0.4 is 10.2 Å². The smallest absolute Gasteiger partial charge is 0.304 e. The minimum Gasteiger partial charge on any atom is -0.315 e. The summed E-state index contributed by atoms with van der Waals surface area (Å²) in [5, 5.41) is 5.46. The van der Waals surface area contributed by atoms with Gasteiger partial charge in [-0.15, -0.1) is 0 Å². The third kappa shape index (κ3) is 3.68. The van der Waals surface area contributed by atoms with Crippen LogP contribution in [0.25, 0.3) is 0 Å². The molecule has 4 heteroatoms. The highest BCUT2D eigenvalue weighted by Gasteiger charge is 2.22. The van der Waals surface area contributed by atoms with E-state index in [0.29, 0.717) is 6.04 Å². The lowest BCUT2D eigenvalue weighted by molar-refractivity contribution is 0.238. The molecule has 1 aromatic heterocycles. The van der Waals surface area contributed by atoms with Gasteiger partial charge in [0, 0.05) is 23.7 Å². The first-order valence-corrected chi connectivity index (χ1v) is 7.43. The largest absolute Gasteiger partial charge is 0.315 e. The third-order valence-electron chi connectivity index (χ3n) is 3.87. The molecule has 0 atom stereocenters. The zero-order chi connectivity index (χ0) is 12.3. The van der Waals surface area contributed by atoms with Gasteiger partial charge in [0.2, 0.25) is 0 Å². The van der Waals surface area contributed by atoms with E-state index in [1.54, 1.807) is 0 Å². The van der Waals surface area contributed by atoms with E-state index in [-0.39, 0.29) is 4.87 Å². The number of aromatic nitrogens is 1. The minimum atomic E-state index is 0.0466. The van der Waals surface area contributed by atoms with E-state index >= 15 is 0 Å². The van der Waals surface area contributed by atoms with Crippen molar-refractivity contribution in [3.8, 4) is 0 Å². The molecular formula is C13H22N2OS. The number of rotatable bonds is 4. The predicted octanol–water partition coefficient (Wildman–Crippen LogP) is 2.74. The number of nitrogens with one attached hydrogen (secondary N) is 2. The normalized spacial score (nSPS) is 25.4. The number of hydrogen-bond donors (Lipinski definition) is 2. The van der Waals surface area contributed by atoms with Gasteiger partial charge in [-0.1, -0.05) is 25.2 Å². The van der Waals surface area contributed by atoms with Gasteiger partial charge in [-0.25, -0.2) is 0 Å². The molecule has 0 aromatic carbocycles. The molecule has 1 saturated carbocycles. The highest BCUT2D eigenvalue weighted by atomic mass is 32.1. The summed E-state index contributed by atoms with van der Waals surface area (Å²) in [6.45, 7) is 5.46. The Balaban J connectivity index is 1.73. The number of aromatic amines is 1. The lowest BCUT2D eigenvalue weighted by atomic mass is 9.80. The van der Waals surface area contributed by atoms with Crippen LogP contribution in [0.3, 0.4) is 0 Å². The summed E-state index contributed by atoms with van der Waals surface area (Å²) in [6, 6.07) is 0.633. The van der Waals surface area contributed by atoms with Crippen LogP contribution in [0, 0.1) is 11.8 Å². The van der Waals surface area contributed by atoms with E-state index in [0.717, 1.165) is 24.1 Å². The molecule has 96 valence electrons. The molecule has 0 amide bonds. The Labute approximate surface area is 107 Å². The van der Waals surface area contributed by atoms with E-state index in [4.69, 9.17) is 0 Å². The van der Waals surface area contributed by atoms with Gasteiger partial charge in [0.15, 0.2) is 0 Å². The lowest BCUT2D eigenvalue weighted by Crippen LogP contribution is -2.33. The second-order valence-electron chi connectivity index (χ2n) is 5.41. The summed E-state index contributed by atoms with van der Waals surface area (Å²) in [6.07, 6.45) is 5.24. The molecule has 0 saturated heterocycles. The number of hydrogen-bond acceptors (Lipinski definition) is 3. The van der Waals surface area contributed by atoms with Gasteiger partial charge < -0.3 is 10.3 Å². The SMILES string of the molecule is CC(C)C1CCC(NCc2csc(=O)[nH]2)CC1. The molecule has 1 aromatic rings. The summed E-state index contributed by atoms with van der Waals surface area (Å²) in [4.78, 5) is 13.9. The van der Waals surface area contributed by atoms with Crippen molar-refractivity contribution in [2.24, 2.45) is 11.8 Å². The van der Waals surface area contributed by atoms with E-state index in [2.05, 4.69) is 24.1 Å². The Morgan fingerprint density at radius 3 is 2.65 bits per heavy atom. The monoisotopic (exact) mass is 254 g/mol. The summed E-state index contributed by atoms with van der Waals surface area (Å²) in [7, 11) is 0. The van der Waals surface area contributed by atoms with Crippen molar-refractivity contribution >= 4 is 11.3 Å².